The van der Waals surface area contributed by atoms with Gasteiger partial charge in [-0.05, 0) is 72.7 Å². The van der Waals surface area contributed by atoms with Crippen LogP contribution in [0.2, 0.25) is 0 Å². The normalized spacial score (nSPS) is 13.3. The van der Waals surface area contributed by atoms with Gasteiger partial charge in [0.05, 0.1) is 0 Å². The van der Waals surface area contributed by atoms with Gasteiger partial charge in [-0.1, -0.05) is 37.3 Å². The predicted molar refractivity (Wildman–Crippen MR) is 141 cm³/mol. The van der Waals surface area contributed by atoms with Gasteiger partial charge in [-0.2, -0.15) is 0 Å². The van der Waals surface area contributed by atoms with Crippen molar-refractivity contribution in [1.82, 2.24) is 10.2 Å². The van der Waals surface area contributed by atoms with Gasteiger partial charge in [0.2, 0.25) is 0 Å². The molecule has 4 rings (SSSR count). The van der Waals surface area contributed by atoms with E-state index in [1.54, 1.807) is 12.1 Å². The zero-order valence-corrected chi connectivity index (χ0v) is 20.0. The number of carbonyl (C=O) groups is 2. The Kier molecular flexibility index (Phi) is 7.54. The first-order valence-corrected chi connectivity index (χ1v) is 11.8. The van der Waals surface area contributed by atoms with Gasteiger partial charge in [0.25, 0.3) is 11.8 Å². The maximum absolute atomic E-state index is 12.6. The summed E-state index contributed by atoms with van der Waals surface area (Å²) in [5.41, 5.74) is 4.37. The molecule has 1 saturated heterocycles. The fourth-order valence-electron chi connectivity index (χ4n) is 3.92. The third-order valence-corrected chi connectivity index (χ3v) is 6.13. The van der Waals surface area contributed by atoms with Crippen LogP contribution in [0.25, 0.3) is 0 Å². The minimum Gasteiger partial charge on any atom is -0.368 e. The first-order valence-electron chi connectivity index (χ1n) is 11.4. The smallest absolute Gasteiger partial charge is 0.257 e. The second-order valence-corrected chi connectivity index (χ2v) is 8.56. The third kappa shape index (κ3) is 5.80. The van der Waals surface area contributed by atoms with Crippen molar-refractivity contribution in [2.75, 3.05) is 36.4 Å². The topological polar surface area (TPSA) is 64.7 Å². The highest BCUT2D eigenvalue weighted by Gasteiger charge is 2.22. The molecule has 34 heavy (non-hydrogen) atoms. The summed E-state index contributed by atoms with van der Waals surface area (Å²) in [4.78, 5) is 29.2. The molecule has 0 saturated carbocycles. The Morgan fingerprint density at radius 2 is 1.47 bits per heavy atom. The number of rotatable bonds is 5. The summed E-state index contributed by atoms with van der Waals surface area (Å²) < 4.78 is 0. The molecule has 0 aliphatic carbocycles. The summed E-state index contributed by atoms with van der Waals surface area (Å²) in [5.74, 6) is -0.156. The number of hydrogen-bond acceptors (Lipinski definition) is 4. The van der Waals surface area contributed by atoms with Gasteiger partial charge < -0.3 is 15.1 Å². The summed E-state index contributed by atoms with van der Waals surface area (Å²) in [7, 11) is 0. The van der Waals surface area contributed by atoms with Crippen LogP contribution < -0.4 is 15.5 Å². The molecule has 0 atom stereocenters. The van der Waals surface area contributed by atoms with Gasteiger partial charge >= 0.3 is 0 Å². The van der Waals surface area contributed by atoms with E-state index in [1.807, 2.05) is 71.6 Å². The molecule has 7 heteroatoms. The van der Waals surface area contributed by atoms with Crippen LogP contribution in [0.1, 0.15) is 33.2 Å². The first-order chi connectivity index (χ1) is 16.5. The van der Waals surface area contributed by atoms with E-state index in [0.29, 0.717) is 18.7 Å². The summed E-state index contributed by atoms with van der Waals surface area (Å²) >= 11 is 5.31. The van der Waals surface area contributed by atoms with Gasteiger partial charge in [-0.25, -0.2) is 0 Å². The van der Waals surface area contributed by atoms with Crippen LogP contribution in [0.4, 0.5) is 11.4 Å². The largest absolute Gasteiger partial charge is 0.368 e. The summed E-state index contributed by atoms with van der Waals surface area (Å²) in [6.45, 7) is 4.99. The Balaban J connectivity index is 1.27. The van der Waals surface area contributed by atoms with Crippen molar-refractivity contribution in [3.63, 3.8) is 0 Å². The number of benzene rings is 3. The van der Waals surface area contributed by atoms with Crippen LogP contribution in [0.15, 0.2) is 78.9 Å². The van der Waals surface area contributed by atoms with Crippen molar-refractivity contribution in [2.24, 2.45) is 0 Å². The first kappa shape index (κ1) is 23.4. The van der Waals surface area contributed by atoms with E-state index >= 15 is 0 Å². The van der Waals surface area contributed by atoms with Crippen molar-refractivity contribution in [2.45, 2.75) is 13.3 Å². The number of amides is 2. The Bertz CT molecular complexity index is 1140. The number of carbonyl (C=O) groups excluding carboxylic acids is 2. The minimum atomic E-state index is -0.236. The second kappa shape index (κ2) is 10.9. The highest BCUT2D eigenvalue weighted by molar-refractivity contribution is 7.80. The van der Waals surface area contributed by atoms with Crippen LogP contribution in [0, 0.1) is 0 Å². The fourth-order valence-corrected chi connectivity index (χ4v) is 4.13. The summed E-state index contributed by atoms with van der Waals surface area (Å²) in [6, 6.07) is 24.8. The molecule has 2 amide bonds. The Hall–Kier alpha value is -3.71. The van der Waals surface area contributed by atoms with Crippen LogP contribution in [0.3, 0.4) is 0 Å². The van der Waals surface area contributed by atoms with Crippen LogP contribution in [-0.2, 0) is 6.42 Å². The van der Waals surface area contributed by atoms with E-state index < -0.39 is 0 Å². The quantitative estimate of drug-likeness (QED) is 0.541. The molecule has 1 heterocycles. The van der Waals surface area contributed by atoms with Crippen molar-refractivity contribution < 1.29 is 9.59 Å². The molecule has 0 radical (unpaired) electrons. The minimum absolute atomic E-state index is 0.0802. The van der Waals surface area contributed by atoms with Crippen molar-refractivity contribution in [1.29, 1.82) is 0 Å². The lowest BCUT2D eigenvalue weighted by Crippen LogP contribution is -2.48. The Morgan fingerprint density at radius 1 is 0.824 bits per heavy atom. The molecule has 1 aliphatic heterocycles. The zero-order chi connectivity index (χ0) is 23.9. The predicted octanol–water partition coefficient (Wildman–Crippen LogP) is 4.34. The molecule has 2 N–H and O–H groups in total. The molecule has 0 spiro atoms. The monoisotopic (exact) mass is 472 g/mol. The molecule has 1 aliphatic rings. The zero-order valence-electron chi connectivity index (χ0n) is 19.2. The average Bonchev–Trinajstić information content (AvgIpc) is 2.89. The molecule has 6 nitrogen and oxygen atoms in total. The van der Waals surface area contributed by atoms with Crippen molar-refractivity contribution in [3.05, 3.63) is 95.6 Å². The Labute approximate surface area is 205 Å². The fraction of sp³-hybridized carbons (Fsp3) is 0.222. The maximum Gasteiger partial charge on any atom is 0.257 e. The lowest BCUT2D eigenvalue weighted by molar-refractivity contribution is 0.0746. The lowest BCUT2D eigenvalue weighted by atomic mass is 10.1. The van der Waals surface area contributed by atoms with Gasteiger partial charge in [-0.3, -0.25) is 14.9 Å². The number of anilines is 2. The van der Waals surface area contributed by atoms with Gasteiger partial charge in [0, 0.05) is 48.7 Å². The molecule has 3 aromatic carbocycles. The van der Waals surface area contributed by atoms with Crippen LogP contribution in [-0.4, -0.2) is 48.0 Å². The van der Waals surface area contributed by atoms with E-state index in [2.05, 4.69) is 22.5 Å². The second-order valence-electron chi connectivity index (χ2n) is 8.15. The number of aryl methyl sites for hydroxylation is 1. The third-order valence-electron chi connectivity index (χ3n) is 5.93. The summed E-state index contributed by atoms with van der Waals surface area (Å²) in [6.07, 6.45) is 0.930. The van der Waals surface area contributed by atoms with E-state index in [-0.39, 0.29) is 16.9 Å². The van der Waals surface area contributed by atoms with Crippen LogP contribution >= 0.6 is 12.2 Å². The average molecular weight is 473 g/mol. The number of nitrogens with one attached hydrogen (secondary N) is 2. The summed E-state index contributed by atoms with van der Waals surface area (Å²) in [5, 5.41) is 6.04. The SMILES string of the molecule is CCc1ccc(C(=O)NC(=S)Nc2ccc(N3CCN(C(=O)c4ccccc4)CC3)cc2)cc1. The van der Waals surface area contributed by atoms with Gasteiger partial charge in [0.1, 0.15) is 0 Å². The lowest BCUT2D eigenvalue weighted by Gasteiger charge is -2.36. The van der Waals surface area contributed by atoms with E-state index in [0.717, 1.165) is 36.4 Å². The maximum atomic E-state index is 12.6. The highest BCUT2D eigenvalue weighted by atomic mass is 32.1. The van der Waals surface area contributed by atoms with Crippen molar-refractivity contribution in [3.8, 4) is 0 Å². The number of thiocarbonyl (C=S) groups is 1. The van der Waals surface area contributed by atoms with Crippen LogP contribution in [0.5, 0.6) is 0 Å². The Morgan fingerprint density at radius 3 is 2.09 bits per heavy atom. The van der Waals surface area contributed by atoms with Gasteiger partial charge in [-0.15, -0.1) is 0 Å². The molecule has 3 aromatic rings. The standard InChI is InChI=1S/C27H28N4O2S/c1-2-20-8-10-21(11-9-20)25(32)29-27(34)28-23-12-14-24(15-13-23)30-16-18-31(19-17-30)26(33)22-6-4-3-5-7-22/h3-15H,2,16-19H2,1H3,(H2,28,29,32,34). The molecule has 1 fully saturated rings. The number of hydrogen-bond donors (Lipinski definition) is 2. The molecule has 174 valence electrons. The van der Waals surface area contributed by atoms with E-state index in [9.17, 15) is 9.59 Å². The van der Waals surface area contributed by atoms with Crippen molar-refractivity contribution >= 4 is 40.5 Å². The highest BCUT2D eigenvalue weighted by Crippen LogP contribution is 2.20. The molecular formula is C27H28N4O2S. The molecule has 0 unspecified atom stereocenters. The van der Waals surface area contributed by atoms with E-state index in [1.165, 1.54) is 5.56 Å². The van der Waals surface area contributed by atoms with E-state index in [4.69, 9.17) is 12.2 Å². The molecule has 0 bridgehead atoms. The molecular weight excluding hydrogens is 444 g/mol. The number of nitrogens with zero attached hydrogens (tertiary/aromatic N) is 2. The molecule has 0 aromatic heterocycles. The number of piperazine rings is 1. The van der Waals surface area contributed by atoms with Gasteiger partial charge in [0.15, 0.2) is 5.11 Å².